The van der Waals surface area contributed by atoms with Crippen LogP contribution in [0.5, 0.6) is 0 Å². The van der Waals surface area contributed by atoms with E-state index in [2.05, 4.69) is 14.9 Å². The molecule has 2 aromatic carbocycles. The summed E-state index contributed by atoms with van der Waals surface area (Å²) in [5.41, 5.74) is 1.10. The molecule has 20 heavy (non-hydrogen) atoms. The van der Waals surface area contributed by atoms with Gasteiger partial charge in [0.25, 0.3) is 10.0 Å². The molecule has 0 atom stereocenters. The van der Waals surface area contributed by atoms with Crippen molar-refractivity contribution in [2.75, 3.05) is 4.72 Å². The number of rotatable bonds is 3. The maximum absolute atomic E-state index is 12.3. The fraction of sp³-hybridized carbons (Fsp3) is 0. The van der Waals surface area contributed by atoms with Crippen LogP contribution in [0, 0.1) is 0 Å². The zero-order valence-corrected chi connectivity index (χ0v) is 11.7. The van der Waals surface area contributed by atoms with Crippen LogP contribution in [0.25, 0.3) is 10.9 Å². The van der Waals surface area contributed by atoms with Crippen LogP contribution in [0.15, 0.2) is 53.6 Å². The van der Waals surface area contributed by atoms with Crippen LogP contribution >= 0.6 is 11.6 Å². The van der Waals surface area contributed by atoms with Gasteiger partial charge in [-0.2, -0.15) is 5.10 Å². The molecule has 0 fully saturated rings. The fourth-order valence-corrected chi connectivity index (χ4v) is 3.07. The lowest BCUT2D eigenvalue weighted by Crippen LogP contribution is -2.13. The van der Waals surface area contributed by atoms with Gasteiger partial charge in [-0.15, -0.1) is 0 Å². The Balaban J connectivity index is 2.01. The molecule has 0 aliphatic heterocycles. The minimum absolute atomic E-state index is 0.151. The van der Waals surface area contributed by atoms with Crippen molar-refractivity contribution in [3.05, 3.63) is 53.7 Å². The zero-order valence-electron chi connectivity index (χ0n) is 10.2. The zero-order chi connectivity index (χ0) is 14.2. The SMILES string of the molecule is O=S(=O)(Nc1cccc2cn[nH]c12)c1ccc(Cl)cc1. The summed E-state index contributed by atoms with van der Waals surface area (Å²) in [6.07, 6.45) is 1.63. The Morgan fingerprint density at radius 2 is 1.85 bits per heavy atom. The van der Waals surface area contributed by atoms with Gasteiger partial charge in [0.15, 0.2) is 0 Å². The van der Waals surface area contributed by atoms with Crippen LogP contribution in [-0.2, 0) is 10.0 Å². The maximum atomic E-state index is 12.3. The van der Waals surface area contributed by atoms with E-state index in [1.807, 2.05) is 6.07 Å². The van der Waals surface area contributed by atoms with Crippen LogP contribution in [0.4, 0.5) is 5.69 Å². The molecule has 0 spiro atoms. The number of hydrogen-bond donors (Lipinski definition) is 2. The maximum Gasteiger partial charge on any atom is 0.261 e. The Bertz CT molecular complexity index is 857. The first kappa shape index (κ1) is 13.0. The molecule has 0 radical (unpaired) electrons. The summed E-state index contributed by atoms with van der Waals surface area (Å²) < 4.78 is 27.1. The Morgan fingerprint density at radius 1 is 1.10 bits per heavy atom. The highest BCUT2D eigenvalue weighted by Crippen LogP contribution is 2.24. The molecular formula is C13H10ClN3O2S. The number of sulfonamides is 1. The molecule has 0 saturated heterocycles. The van der Waals surface area contributed by atoms with Crippen LogP contribution in [0.3, 0.4) is 0 Å². The topological polar surface area (TPSA) is 74.8 Å². The first-order valence-corrected chi connectivity index (χ1v) is 7.63. The fourth-order valence-electron chi connectivity index (χ4n) is 1.87. The molecule has 7 heteroatoms. The molecule has 0 unspecified atom stereocenters. The first-order chi connectivity index (χ1) is 9.56. The Kier molecular flexibility index (Phi) is 3.11. The molecule has 0 amide bonds. The number of hydrogen-bond acceptors (Lipinski definition) is 3. The van der Waals surface area contributed by atoms with E-state index in [4.69, 9.17) is 11.6 Å². The van der Waals surface area contributed by atoms with Crippen molar-refractivity contribution in [3.8, 4) is 0 Å². The first-order valence-electron chi connectivity index (χ1n) is 5.77. The van der Waals surface area contributed by atoms with Crippen molar-refractivity contribution in [1.29, 1.82) is 0 Å². The summed E-state index contributed by atoms with van der Waals surface area (Å²) in [6, 6.07) is 11.3. The van der Waals surface area contributed by atoms with E-state index in [1.54, 1.807) is 18.3 Å². The van der Waals surface area contributed by atoms with Crippen molar-refractivity contribution in [3.63, 3.8) is 0 Å². The lowest BCUT2D eigenvalue weighted by Gasteiger charge is -2.08. The quantitative estimate of drug-likeness (QED) is 0.781. The van der Waals surface area contributed by atoms with E-state index >= 15 is 0 Å². The molecule has 1 heterocycles. The van der Waals surface area contributed by atoms with E-state index in [0.29, 0.717) is 16.2 Å². The normalized spacial score (nSPS) is 11.7. The third-order valence-electron chi connectivity index (χ3n) is 2.84. The number of fused-ring (bicyclic) bond motifs is 1. The molecule has 2 N–H and O–H groups in total. The van der Waals surface area contributed by atoms with Crippen LogP contribution in [0.1, 0.15) is 0 Å². The molecule has 102 valence electrons. The standard InChI is InChI=1S/C13H10ClN3O2S/c14-10-4-6-11(7-5-10)20(18,19)17-12-3-1-2-9-8-15-16-13(9)12/h1-8,17H,(H,15,16). The molecule has 0 saturated carbocycles. The predicted molar refractivity (Wildman–Crippen MR) is 78.4 cm³/mol. The Labute approximate surface area is 120 Å². The number of para-hydroxylation sites is 1. The van der Waals surface area contributed by atoms with Gasteiger partial charge in [-0.25, -0.2) is 8.42 Å². The predicted octanol–water partition coefficient (Wildman–Crippen LogP) is 3.02. The van der Waals surface area contributed by atoms with Gasteiger partial charge in [0.1, 0.15) is 0 Å². The van der Waals surface area contributed by atoms with Gasteiger partial charge in [0.05, 0.1) is 22.3 Å². The number of halogens is 1. The van der Waals surface area contributed by atoms with Gasteiger partial charge in [-0.3, -0.25) is 9.82 Å². The molecule has 3 rings (SSSR count). The van der Waals surface area contributed by atoms with Crippen molar-refractivity contribution >= 4 is 38.2 Å². The van der Waals surface area contributed by atoms with Gasteiger partial charge in [0, 0.05) is 10.4 Å². The lowest BCUT2D eigenvalue weighted by atomic mass is 10.2. The Hall–Kier alpha value is -2.05. The summed E-state index contributed by atoms with van der Waals surface area (Å²) in [5.74, 6) is 0. The van der Waals surface area contributed by atoms with E-state index in [-0.39, 0.29) is 4.90 Å². The third-order valence-corrected chi connectivity index (χ3v) is 4.48. The van der Waals surface area contributed by atoms with Gasteiger partial charge in [0.2, 0.25) is 0 Å². The molecule has 3 aromatic rings. The summed E-state index contributed by atoms with van der Waals surface area (Å²) in [6.45, 7) is 0. The average molecular weight is 308 g/mol. The number of anilines is 1. The second kappa shape index (κ2) is 4.81. The van der Waals surface area contributed by atoms with E-state index in [9.17, 15) is 8.42 Å². The highest BCUT2D eigenvalue weighted by molar-refractivity contribution is 7.92. The van der Waals surface area contributed by atoms with Crippen molar-refractivity contribution < 1.29 is 8.42 Å². The monoisotopic (exact) mass is 307 g/mol. The number of H-pyrrole nitrogens is 1. The second-order valence-electron chi connectivity index (χ2n) is 4.20. The summed E-state index contributed by atoms with van der Waals surface area (Å²) in [5, 5.41) is 7.99. The van der Waals surface area contributed by atoms with Crippen LogP contribution in [-0.4, -0.2) is 18.6 Å². The average Bonchev–Trinajstić information content (AvgIpc) is 2.88. The molecular weight excluding hydrogens is 298 g/mol. The largest absolute Gasteiger partial charge is 0.277 e. The summed E-state index contributed by atoms with van der Waals surface area (Å²) in [7, 11) is -3.66. The van der Waals surface area contributed by atoms with Gasteiger partial charge >= 0.3 is 0 Å². The second-order valence-corrected chi connectivity index (χ2v) is 6.32. The van der Waals surface area contributed by atoms with Gasteiger partial charge in [-0.1, -0.05) is 23.7 Å². The third kappa shape index (κ3) is 2.35. The van der Waals surface area contributed by atoms with Crippen molar-refractivity contribution in [2.45, 2.75) is 4.90 Å². The number of aromatic nitrogens is 2. The number of benzene rings is 2. The van der Waals surface area contributed by atoms with Gasteiger partial charge < -0.3 is 0 Å². The number of nitrogens with zero attached hydrogens (tertiary/aromatic N) is 1. The van der Waals surface area contributed by atoms with E-state index < -0.39 is 10.0 Å². The van der Waals surface area contributed by atoms with Gasteiger partial charge in [-0.05, 0) is 30.3 Å². The summed E-state index contributed by atoms with van der Waals surface area (Å²) in [4.78, 5) is 0.151. The smallest absolute Gasteiger partial charge is 0.261 e. The minimum atomic E-state index is -3.66. The van der Waals surface area contributed by atoms with E-state index in [0.717, 1.165) is 5.39 Å². The van der Waals surface area contributed by atoms with Crippen LogP contribution in [0.2, 0.25) is 5.02 Å². The van der Waals surface area contributed by atoms with E-state index in [1.165, 1.54) is 24.3 Å². The number of nitrogens with one attached hydrogen (secondary N) is 2. The lowest BCUT2D eigenvalue weighted by molar-refractivity contribution is 0.601. The van der Waals surface area contributed by atoms with Crippen molar-refractivity contribution in [1.82, 2.24) is 10.2 Å². The summed E-state index contributed by atoms with van der Waals surface area (Å²) >= 11 is 5.76. The molecule has 1 aromatic heterocycles. The molecule has 0 bridgehead atoms. The van der Waals surface area contributed by atoms with Crippen LogP contribution < -0.4 is 4.72 Å². The minimum Gasteiger partial charge on any atom is -0.277 e. The van der Waals surface area contributed by atoms with Crippen molar-refractivity contribution in [2.24, 2.45) is 0 Å². The molecule has 5 nitrogen and oxygen atoms in total. The molecule has 0 aliphatic rings. The highest BCUT2D eigenvalue weighted by Gasteiger charge is 2.15. The molecule has 0 aliphatic carbocycles. The number of aromatic amines is 1. The Morgan fingerprint density at radius 3 is 2.60 bits per heavy atom. The highest BCUT2D eigenvalue weighted by atomic mass is 35.5.